The van der Waals surface area contributed by atoms with Gasteiger partial charge in [0.15, 0.2) is 8.07 Å². The number of rotatable bonds is 5. The lowest BCUT2D eigenvalue weighted by atomic mass is 10.3. The molecule has 0 spiro atoms. The smallest absolute Gasteiger partial charge is 0.164 e. The third kappa shape index (κ3) is 2.92. The SMILES string of the molecule is OCC(Br)[Si](c1ccccc1)(c1ccccc1)c1ccccc1. The predicted molar refractivity (Wildman–Crippen MR) is 104 cm³/mol. The van der Waals surface area contributed by atoms with Crippen LogP contribution in [0.4, 0.5) is 0 Å². The summed E-state index contributed by atoms with van der Waals surface area (Å²) in [6.07, 6.45) is 0. The van der Waals surface area contributed by atoms with Crippen LogP contribution in [0.2, 0.25) is 0 Å². The summed E-state index contributed by atoms with van der Waals surface area (Å²) >= 11 is 3.82. The number of hydrogen-bond acceptors (Lipinski definition) is 1. The predicted octanol–water partition coefficient (Wildman–Crippen LogP) is 2.45. The van der Waals surface area contributed by atoms with E-state index in [1.807, 2.05) is 18.2 Å². The molecule has 0 saturated heterocycles. The molecule has 0 aliphatic heterocycles. The fourth-order valence-corrected chi connectivity index (χ4v) is 10.2. The van der Waals surface area contributed by atoms with Crippen molar-refractivity contribution in [3.8, 4) is 0 Å². The van der Waals surface area contributed by atoms with Crippen LogP contribution < -0.4 is 15.6 Å². The standard InChI is InChI=1S/C20H19BrOSi/c21-20(16-22)23(17-10-4-1-5-11-17,18-12-6-2-7-13-18)19-14-8-3-9-15-19/h1-15,20,22H,16H2. The summed E-state index contributed by atoms with van der Waals surface area (Å²) in [5, 5.41) is 13.9. The molecule has 0 bridgehead atoms. The zero-order valence-corrected chi connectivity index (χ0v) is 15.4. The summed E-state index contributed by atoms with van der Waals surface area (Å²) in [7, 11) is -2.36. The van der Waals surface area contributed by atoms with Gasteiger partial charge in [-0.15, -0.1) is 0 Å². The highest BCUT2D eigenvalue weighted by Crippen LogP contribution is 2.18. The first kappa shape index (κ1) is 16.2. The van der Waals surface area contributed by atoms with Crippen LogP contribution in [0, 0.1) is 0 Å². The first-order valence-electron chi connectivity index (χ1n) is 7.71. The molecule has 1 nitrogen and oxygen atoms in total. The molecule has 0 aliphatic rings. The Kier molecular flexibility index (Phi) is 5.11. The normalized spacial score (nSPS) is 12.8. The minimum Gasteiger partial charge on any atom is -0.395 e. The summed E-state index contributed by atoms with van der Waals surface area (Å²) in [4.78, 5) is 0. The fraction of sp³-hybridized carbons (Fsp3) is 0.100. The lowest BCUT2D eigenvalue weighted by Crippen LogP contribution is -2.73. The maximum Gasteiger partial charge on any atom is 0.164 e. The minimum absolute atomic E-state index is 0.00204. The van der Waals surface area contributed by atoms with Gasteiger partial charge in [0.25, 0.3) is 0 Å². The molecular formula is C20H19BrOSi. The summed E-state index contributed by atoms with van der Waals surface area (Å²) < 4.78 is 0.00204. The van der Waals surface area contributed by atoms with Crippen LogP contribution >= 0.6 is 15.9 Å². The molecule has 0 saturated carbocycles. The Labute approximate surface area is 146 Å². The van der Waals surface area contributed by atoms with Crippen molar-refractivity contribution in [2.24, 2.45) is 0 Å². The van der Waals surface area contributed by atoms with Crippen molar-refractivity contribution in [1.29, 1.82) is 0 Å². The molecule has 0 fully saturated rings. The van der Waals surface area contributed by atoms with Crippen molar-refractivity contribution in [2.75, 3.05) is 6.61 Å². The first-order chi connectivity index (χ1) is 11.3. The van der Waals surface area contributed by atoms with Crippen molar-refractivity contribution < 1.29 is 5.11 Å². The van der Waals surface area contributed by atoms with E-state index in [4.69, 9.17) is 0 Å². The average Bonchev–Trinajstić information content (AvgIpc) is 2.65. The quantitative estimate of drug-likeness (QED) is 0.408. The van der Waals surface area contributed by atoms with E-state index in [2.05, 4.69) is 88.7 Å². The second-order valence-electron chi connectivity index (χ2n) is 5.56. The number of aliphatic hydroxyl groups is 1. The van der Waals surface area contributed by atoms with E-state index in [1.165, 1.54) is 15.6 Å². The minimum atomic E-state index is -2.36. The molecule has 0 radical (unpaired) electrons. The van der Waals surface area contributed by atoms with Gasteiger partial charge >= 0.3 is 0 Å². The van der Waals surface area contributed by atoms with Crippen LogP contribution in [-0.4, -0.2) is 24.2 Å². The number of alkyl halides is 1. The van der Waals surface area contributed by atoms with Crippen LogP contribution in [0.3, 0.4) is 0 Å². The van der Waals surface area contributed by atoms with Crippen LogP contribution in [0.5, 0.6) is 0 Å². The molecule has 3 aromatic rings. The average molecular weight is 383 g/mol. The largest absolute Gasteiger partial charge is 0.395 e. The Hall–Kier alpha value is -1.68. The summed E-state index contributed by atoms with van der Waals surface area (Å²) in [6.45, 7) is 0.102. The molecule has 3 rings (SSSR count). The molecule has 1 unspecified atom stereocenters. The molecule has 0 aromatic heterocycles. The lowest BCUT2D eigenvalue weighted by molar-refractivity contribution is 0.314. The molecule has 0 amide bonds. The summed E-state index contributed by atoms with van der Waals surface area (Å²) in [5.41, 5.74) is 0. The van der Waals surface area contributed by atoms with Crippen LogP contribution in [-0.2, 0) is 0 Å². The van der Waals surface area contributed by atoms with Gasteiger partial charge in [0, 0.05) is 4.45 Å². The maximum atomic E-state index is 10.0. The van der Waals surface area contributed by atoms with Gasteiger partial charge in [0.2, 0.25) is 0 Å². The van der Waals surface area contributed by atoms with Crippen LogP contribution in [0.15, 0.2) is 91.0 Å². The van der Waals surface area contributed by atoms with Gasteiger partial charge in [-0.2, -0.15) is 0 Å². The summed E-state index contributed by atoms with van der Waals surface area (Å²) in [6, 6.07) is 31.8. The molecule has 3 aromatic carbocycles. The first-order valence-corrected chi connectivity index (χ1v) is 10.7. The molecule has 0 aliphatic carbocycles. The highest BCUT2D eigenvalue weighted by atomic mass is 79.9. The van der Waals surface area contributed by atoms with E-state index in [1.54, 1.807) is 0 Å². The molecule has 0 heterocycles. The zero-order chi connectivity index (χ0) is 16.1. The van der Waals surface area contributed by atoms with Gasteiger partial charge in [-0.1, -0.05) is 107 Å². The van der Waals surface area contributed by atoms with Crippen molar-refractivity contribution >= 4 is 39.6 Å². The van der Waals surface area contributed by atoms with Gasteiger partial charge in [0.05, 0.1) is 6.61 Å². The molecular weight excluding hydrogens is 364 g/mol. The molecule has 1 N–H and O–H groups in total. The van der Waals surface area contributed by atoms with Crippen molar-refractivity contribution in [2.45, 2.75) is 4.45 Å². The van der Waals surface area contributed by atoms with Crippen molar-refractivity contribution in [1.82, 2.24) is 0 Å². The molecule has 1 atom stereocenters. The topological polar surface area (TPSA) is 20.2 Å². The van der Waals surface area contributed by atoms with E-state index in [0.717, 1.165) is 0 Å². The number of benzene rings is 3. The summed E-state index contributed by atoms with van der Waals surface area (Å²) in [5.74, 6) is 0. The van der Waals surface area contributed by atoms with E-state index in [0.29, 0.717) is 0 Å². The number of hydrogen-bond donors (Lipinski definition) is 1. The Morgan fingerprint density at radius 3 is 1.22 bits per heavy atom. The molecule has 23 heavy (non-hydrogen) atoms. The highest BCUT2D eigenvalue weighted by molar-refractivity contribution is 9.10. The number of halogens is 1. The van der Waals surface area contributed by atoms with Gasteiger partial charge in [-0.05, 0) is 15.6 Å². The van der Waals surface area contributed by atoms with Gasteiger partial charge < -0.3 is 5.11 Å². The third-order valence-corrected chi connectivity index (χ3v) is 11.5. The Morgan fingerprint density at radius 1 is 0.652 bits per heavy atom. The van der Waals surface area contributed by atoms with E-state index < -0.39 is 8.07 Å². The van der Waals surface area contributed by atoms with Crippen LogP contribution in [0.25, 0.3) is 0 Å². The Balaban J connectivity index is 2.35. The second-order valence-corrected chi connectivity index (χ2v) is 11.6. The number of aliphatic hydroxyl groups excluding tert-OH is 1. The fourth-order valence-electron chi connectivity index (χ4n) is 3.28. The maximum absolute atomic E-state index is 10.0. The molecule has 3 heteroatoms. The Morgan fingerprint density at radius 2 is 0.957 bits per heavy atom. The highest BCUT2D eigenvalue weighted by Gasteiger charge is 2.45. The second kappa shape index (κ2) is 7.26. The monoisotopic (exact) mass is 382 g/mol. The lowest BCUT2D eigenvalue weighted by Gasteiger charge is -2.37. The van der Waals surface area contributed by atoms with E-state index in [-0.39, 0.29) is 11.1 Å². The van der Waals surface area contributed by atoms with Gasteiger partial charge in [-0.25, -0.2) is 0 Å². The van der Waals surface area contributed by atoms with Gasteiger partial charge in [-0.3, -0.25) is 0 Å². The van der Waals surface area contributed by atoms with Crippen molar-refractivity contribution in [3.63, 3.8) is 0 Å². The van der Waals surface area contributed by atoms with Crippen LogP contribution in [0.1, 0.15) is 0 Å². The van der Waals surface area contributed by atoms with E-state index >= 15 is 0 Å². The van der Waals surface area contributed by atoms with Crippen molar-refractivity contribution in [3.05, 3.63) is 91.0 Å². The van der Waals surface area contributed by atoms with Gasteiger partial charge in [0.1, 0.15) is 0 Å². The van der Waals surface area contributed by atoms with E-state index in [9.17, 15) is 5.11 Å². The Bertz CT molecular complexity index is 635. The zero-order valence-electron chi connectivity index (χ0n) is 12.8. The third-order valence-electron chi connectivity index (χ3n) is 4.32. The molecule has 116 valence electrons.